The Labute approximate surface area is 151 Å². The van der Waals surface area contributed by atoms with Crippen molar-refractivity contribution < 1.29 is 14.6 Å². The van der Waals surface area contributed by atoms with Gasteiger partial charge in [-0.1, -0.05) is 31.5 Å². The third-order valence-electron chi connectivity index (χ3n) is 4.79. The highest BCUT2D eigenvalue weighted by molar-refractivity contribution is 5.74. The molecule has 0 aromatic heterocycles. The van der Waals surface area contributed by atoms with Crippen molar-refractivity contribution in [3.05, 3.63) is 29.8 Å². The highest BCUT2D eigenvalue weighted by Gasteiger charge is 2.24. The van der Waals surface area contributed by atoms with Crippen LogP contribution in [0.25, 0.3) is 0 Å². The summed E-state index contributed by atoms with van der Waals surface area (Å²) in [5.41, 5.74) is 1.15. The van der Waals surface area contributed by atoms with Gasteiger partial charge in [-0.25, -0.2) is 4.79 Å². The highest BCUT2D eigenvalue weighted by Crippen LogP contribution is 2.21. The summed E-state index contributed by atoms with van der Waals surface area (Å²) in [5, 5.41) is 12.2. The van der Waals surface area contributed by atoms with Crippen LogP contribution in [0.1, 0.15) is 45.1 Å². The fraction of sp³-hybridized carbons (Fsp3) is 0.650. The van der Waals surface area contributed by atoms with E-state index in [2.05, 4.69) is 24.4 Å². The van der Waals surface area contributed by atoms with Crippen molar-refractivity contribution in [2.24, 2.45) is 5.41 Å². The van der Waals surface area contributed by atoms with E-state index < -0.39 is 0 Å². The number of urea groups is 1. The van der Waals surface area contributed by atoms with Gasteiger partial charge in [-0.05, 0) is 37.3 Å². The maximum atomic E-state index is 12.2. The van der Waals surface area contributed by atoms with Crippen LogP contribution < -0.4 is 10.1 Å². The lowest BCUT2D eigenvalue weighted by Crippen LogP contribution is -2.46. The van der Waals surface area contributed by atoms with E-state index in [9.17, 15) is 9.90 Å². The topological polar surface area (TPSA) is 61.8 Å². The molecular weight excluding hydrogens is 316 g/mol. The second-order valence-electron chi connectivity index (χ2n) is 7.78. The zero-order valence-corrected chi connectivity index (χ0v) is 15.8. The number of nitrogens with one attached hydrogen (secondary N) is 1. The zero-order chi connectivity index (χ0) is 18.3. The number of aliphatic hydroxyl groups is 1. The zero-order valence-electron chi connectivity index (χ0n) is 15.8. The van der Waals surface area contributed by atoms with E-state index in [0.717, 1.165) is 44.5 Å². The molecule has 5 heteroatoms. The van der Waals surface area contributed by atoms with Gasteiger partial charge in [-0.3, -0.25) is 0 Å². The molecule has 0 saturated carbocycles. The van der Waals surface area contributed by atoms with Crippen molar-refractivity contribution in [1.82, 2.24) is 10.2 Å². The third-order valence-corrected chi connectivity index (χ3v) is 4.79. The van der Waals surface area contributed by atoms with Gasteiger partial charge in [0.2, 0.25) is 0 Å². The second-order valence-corrected chi connectivity index (χ2v) is 7.78. The van der Waals surface area contributed by atoms with Crippen LogP contribution in [-0.2, 0) is 0 Å². The van der Waals surface area contributed by atoms with E-state index in [4.69, 9.17) is 4.74 Å². The lowest BCUT2D eigenvalue weighted by molar-refractivity contribution is 0.110. The van der Waals surface area contributed by atoms with Crippen molar-refractivity contribution in [2.45, 2.75) is 52.6 Å². The first-order chi connectivity index (χ1) is 11.9. The van der Waals surface area contributed by atoms with Gasteiger partial charge in [-0.2, -0.15) is 0 Å². The predicted octanol–water partition coefficient (Wildman–Crippen LogP) is 3.35. The molecule has 0 aliphatic carbocycles. The lowest BCUT2D eigenvalue weighted by atomic mass is 9.89. The molecule has 2 N–H and O–H groups in total. The molecule has 5 nitrogen and oxygen atoms in total. The Morgan fingerprint density at radius 3 is 2.52 bits per heavy atom. The average Bonchev–Trinajstić information content (AvgIpc) is 2.61. The van der Waals surface area contributed by atoms with Crippen LogP contribution in [0.4, 0.5) is 4.79 Å². The summed E-state index contributed by atoms with van der Waals surface area (Å²) in [6.07, 6.45) is 3.68. The summed E-state index contributed by atoms with van der Waals surface area (Å²) in [6, 6.07) is 8.12. The van der Waals surface area contributed by atoms with Crippen molar-refractivity contribution in [2.75, 3.05) is 26.2 Å². The molecule has 1 aliphatic heterocycles. The molecule has 0 atom stereocenters. The number of ether oxygens (including phenoxy) is 1. The van der Waals surface area contributed by atoms with E-state index in [1.807, 2.05) is 30.9 Å². The first-order valence-electron chi connectivity index (χ1n) is 9.26. The molecule has 1 aromatic carbocycles. The Morgan fingerprint density at radius 1 is 1.28 bits per heavy atom. The normalized spacial score (nSPS) is 15.9. The van der Waals surface area contributed by atoms with Crippen LogP contribution in [0, 0.1) is 12.3 Å². The largest absolute Gasteiger partial charge is 0.490 e. The molecule has 140 valence electrons. The molecule has 1 fully saturated rings. The van der Waals surface area contributed by atoms with E-state index >= 15 is 0 Å². The third kappa shape index (κ3) is 6.58. The van der Waals surface area contributed by atoms with Gasteiger partial charge in [0.05, 0.1) is 0 Å². The van der Waals surface area contributed by atoms with Gasteiger partial charge in [-0.15, -0.1) is 0 Å². The molecule has 25 heavy (non-hydrogen) atoms. The molecular formula is C20H32N2O3. The van der Waals surface area contributed by atoms with E-state index in [1.165, 1.54) is 5.56 Å². The summed E-state index contributed by atoms with van der Waals surface area (Å²) in [7, 11) is 0. The summed E-state index contributed by atoms with van der Waals surface area (Å²) in [6.45, 7) is 8.42. The Kier molecular flexibility index (Phi) is 7.12. The number of likely N-dealkylation sites (tertiary alicyclic amines) is 1. The number of rotatable bonds is 7. The standard InChI is InChI=1S/C20H32N2O3/c1-16-5-7-17(8-6-16)25-18-9-13-22(14-10-18)19(24)21-12-4-11-20(2,3)15-23/h5-8,18,23H,4,9-15H2,1-3H3,(H,21,24). The number of carbonyl (C=O) groups is 1. The highest BCUT2D eigenvalue weighted by atomic mass is 16.5. The average molecular weight is 348 g/mol. The van der Waals surface area contributed by atoms with Gasteiger partial charge in [0, 0.05) is 39.1 Å². The summed E-state index contributed by atoms with van der Waals surface area (Å²) >= 11 is 0. The quantitative estimate of drug-likeness (QED) is 0.743. The minimum Gasteiger partial charge on any atom is -0.490 e. The molecule has 1 aliphatic rings. The number of carbonyl (C=O) groups excluding carboxylic acids is 1. The SMILES string of the molecule is Cc1ccc(OC2CCN(C(=O)NCCCC(C)(C)CO)CC2)cc1. The van der Waals surface area contributed by atoms with Gasteiger partial charge in [0.25, 0.3) is 0 Å². The van der Waals surface area contributed by atoms with Crippen molar-refractivity contribution in [3.8, 4) is 5.75 Å². The monoisotopic (exact) mass is 348 g/mol. The molecule has 2 amide bonds. The Hall–Kier alpha value is -1.75. The summed E-state index contributed by atoms with van der Waals surface area (Å²) in [4.78, 5) is 14.1. The molecule has 1 saturated heterocycles. The molecule has 2 rings (SSSR count). The van der Waals surface area contributed by atoms with Crippen LogP contribution in [0.2, 0.25) is 0 Å². The number of benzene rings is 1. The number of piperidine rings is 1. The number of hydrogen-bond acceptors (Lipinski definition) is 3. The first-order valence-corrected chi connectivity index (χ1v) is 9.26. The Morgan fingerprint density at radius 2 is 1.92 bits per heavy atom. The van der Waals surface area contributed by atoms with Gasteiger partial charge >= 0.3 is 6.03 Å². The van der Waals surface area contributed by atoms with Crippen LogP contribution in [-0.4, -0.2) is 48.4 Å². The lowest BCUT2D eigenvalue weighted by Gasteiger charge is -2.32. The molecule has 1 aromatic rings. The van der Waals surface area contributed by atoms with Crippen molar-refractivity contribution >= 4 is 6.03 Å². The van der Waals surface area contributed by atoms with E-state index in [0.29, 0.717) is 6.54 Å². The van der Waals surface area contributed by atoms with Crippen LogP contribution in [0.5, 0.6) is 5.75 Å². The summed E-state index contributed by atoms with van der Waals surface area (Å²) < 4.78 is 6.00. The molecule has 1 heterocycles. The van der Waals surface area contributed by atoms with Crippen molar-refractivity contribution in [1.29, 1.82) is 0 Å². The minimum atomic E-state index is -0.0730. The number of amides is 2. The fourth-order valence-electron chi connectivity index (χ4n) is 2.94. The van der Waals surface area contributed by atoms with Gasteiger partial charge in [0.1, 0.15) is 11.9 Å². The number of nitrogens with zero attached hydrogens (tertiary/aromatic N) is 1. The second kappa shape index (κ2) is 9.09. The Balaban J connectivity index is 1.65. The summed E-state index contributed by atoms with van der Waals surface area (Å²) in [5.74, 6) is 0.903. The molecule has 0 spiro atoms. The van der Waals surface area contributed by atoms with Crippen molar-refractivity contribution in [3.63, 3.8) is 0 Å². The number of aryl methyl sites for hydroxylation is 1. The maximum absolute atomic E-state index is 12.2. The van der Waals surface area contributed by atoms with Crippen LogP contribution in [0.3, 0.4) is 0 Å². The number of aliphatic hydroxyl groups excluding tert-OH is 1. The van der Waals surface area contributed by atoms with E-state index in [1.54, 1.807) is 0 Å². The molecule has 0 bridgehead atoms. The van der Waals surface area contributed by atoms with E-state index in [-0.39, 0.29) is 24.2 Å². The van der Waals surface area contributed by atoms with Gasteiger partial charge in [0.15, 0.2) is 0 Å². The predicted molar refractivity (Wildman–Crippen MR) is 99.9 cm³/mol. The molecule has 0 radical (unpaired) electrons. The first kappa shape index (κ1) is 19.6. The number of hydrogen-bond donors (Lipinski definition) is 2. The van der Waals surface area contributed by atoms with Crippen LogP contribution in [0.15, 0.2) is 24.3 Å². The molecule has 0 unspecified atom stereocenters. The van der Waals surface area contributed by atoms with Gasteiger partial charge < -0.3 is 20.1 Å². The Bertz CT molecular complexity index is 534. The minimum absolute atomic E-state index is 0.00981. The smallest absolute Gasteiger partial charge is 0.317 e. The van der Waals surface area contributed by atoms with Crippen LogP contribution >= 0.6 is 0 Å². The fourth-order valence-corrected chi connectivity index (χ4v) is 2.94. The maximum Gasteiger partial charge on any atom is 0.317 e.